The fourth-order valence-corrected chi connectivity index (χ4v) is 2.73. The molecule has 5 heteroatoms. The van der Waals surface area contributed by atoms with Crippen LogP contribution in [0.2, 0.25) is 5.15 Å². The summed E-state index contributed by atoms with van der Waals surface area (Å²) in [7, 11) is 1.72. The molecule has 0 radical (unpaired) electrons. The van der Waals surface area contributed by atoms with Gasteiger partial charge in [0.2, 0.25) is 0 Å². The van der Waals surface area contributed by atoms with Crippen LogP contribution in [0.1, 0.15) is 25.1 Å². The third kappa shape index (κ3) is 4.46. The van der Waals surface area contributed by atoms with Crippen molar-refractivity contribution in [3.8, 4) is 0 Å². The van der Waals surface area contributed by atoms with Crippen molar-refractivity contribution in [2.24, 2.45) is 5.92 Å². The quantitative estimate of drug-likeness (QED) is 0.596. The summed E-state index contributed by atoms with van der Waals surface area (Å²) in [5.41, 5.74) is 0. The van der Waals surface area contributed by atoms with E-state index in [-0.39, 0.29) is 0 Å². The normalized spacial score (nSPS) is 18.2. The van der Waals surface area contributed by atoms with Crippen molar-refractivity contribution in [2.75, 3.05) is 31.7 Å². The molecule has 110 valence electrons. The molecule has 0 N–H and O–H groups in total. The minimum absolute atomic E-state index is 0.499. The van der Waals surface area contributed by atoms with E-state index in [9.17, 15) is 0 Å². The molecule has 1 aliphatic rings. The lowest BCUT2D eigenvalue weighted by atomic mass is 9.94. The number of hydrogen-bond acceptors (Lipinski definition) is 4. The number of nitrogens with zero attached hydrogens (tertiary/aromatic N) is 3. The minimum atomic E-state index is 0.499. The molecule has 20 heavy (non-hydrogen) atoms. The molecule has 0 aromatic carbocycles. The Labute approximate surface area is 125 Å². The monoisotopic (exact) mass is 295 g/mol. The lowest BCUT2D eigenvalue weighted by molar-refractivity contribution is 0.203. The lowest BCUT2D eigenvalue weighted by Gasteiger charge is -2.29. The number of aromatic nitrogens is 2. The van der Waals surface area contributed by atoms with Gasteiger partial charge in [-0.25, -0.2) is 9.97 Å². The third-order valence-corrected chi connectivity index (χ3v) is 3.73. The van der Waals surface area contributed by atoms with Crippen LogP contribution in [0, 0.1) is 12.8 Å². The van der Waals surface area contributed by atoms with Crippen LogP contribution >= 0.6 is 11.6 Å². The summed E-state index contributed by atoms with van der Waals surface area (Å²) >= 11 is 6.05. The van der Waals surface area contributed by atoms with Crippen LogP contribution in [0.4, 0.5) is 5.82 Å². The van der Waals surface area contributed by atoms with Crippen molar-refractivity contribution in [3.05, 3.63) is 29.2 Å². The van der Waals surface area contributed by atoms with E-state index in [0.29, 0.717) is 23.5 Å². The van der Waals surface area contributed by atoms with Crippen LogP contribution in [0.25, 0.3) is 0 Å². The SMILES string of the molecule is COCCN(CC1CC=CCC1)c1cc(Cl)nc(C)n1. The summed E-state index contributed by atoms with van der Waals surface area (Å²) in [6, 6.07) is 1.84. The van der Waals surface area contributed by atoms with Gasteiger partial charge in [0, 0.05) is 26.3 Å². The van der Waals surface area contributed by atoms with Gasteiger partial charge in [0.1, 0.15) is 16.8 Å². The first-order valence-corrected chi connectivity index (χ1v) is 7.47. The van der Waals surface area contributed by atoms with Crippen molar-refractivity contribution in [2.45, 2.75) is 26.2 Å². The summed E-state index contributed by atoms with van der Waals surface area (Å²) < 4.78 is 5.21. The van der Waals surface area contributed by atoms with Gasteiger partial charge in [0.15, 0.2) is 0 Å². The number of halogens is 1. The zero-order valence-electron chi connectivity index (χ0n) is 12.2. The summed E-state index contributed by atoms with van der Waals surface area (Å²) in [6.45, 7) is 4.36. The molecular weight excluding hydrogens is 274 g/mol. The Hall–Kier alpha value is -1.13. The van der Waals surface area contributed by atoms with Gasteiger partial charge in [-0.2, -0.15) is 0 Å². The molecule has 4 nitrogen and oxygen atoms in total. The first kappa shape index (κ1) is 15.3. The van der Waals surface area contributed by atoms with E-state index in [4.69, 9.17) is 16.3 Å². The maximum Gasteiger partial charge on any atom is 0.134 e. The second kappa shape index (κ2) is 7.60. The Bertz CT molecular complexity index is 444. The molecule has 0 fully saturated rings. The van der Waals surface area contributed by atoms with Crippen LogP contribution in [0.5, 0.6) is 0 Å². The number of hydrogen-bond donors (Lipinski definition) is 0. The largest absolute Gasteiger partial charge is 0.383 e. The summed E-state index contributed by atoms with van der Waals surface area (Å²) in [5.74, 6) is 2.28. The van der Waals surface area contributed by atoms with E-state index in [1.54, 1.807) is 7.11 Å². The third-order valence-electron chi connectivity index (χ3n) is 3.54. The molecule has 2 rings (SSSR count). The smallest absolute Gasteiger partial charge is 0.134 e. The Morgan fingerprint density at radius 3 is 2.90 bits per heavy atom. The summed E-state index contributed by atoms with van der Waals surface area (Å²) in [5, 5.41) is 0.499. The highest BCUT2D eigenvalue weighted by Crippen LogP contribution is 2.23. The number of methoxy groups -OCH3 is 1. The van der Waals surface area contributed by atoms with Gasteiger partial charge in [-0.3, -0.25) is 0 Å². The topological polar surface area (TPSA) is 38.2 Å². The number of rotatable bonds is 6. The van der Waals surface area contributed by atoms with Crippen LogP contribution in [0.15, 0.2) is 18.2 Å². The predicted octanol–water partition coefficient (Wildman–Crippen LogP) is 3.25. The standard InChI is InChI=1S/C15H22ClN3O/c1-12-17-14(16)10-15(18-12)19(8-9-20-2)11-13-6-4-3-5-7-13/h3-4,10,13H,5-9,11H2,1-2H3. The molecule has 1 heterocycles. The summed E-state index contributed by atoms with van der Waals surface area (Å²) in [4.78, 5) is 10.9. The highest BCUT2D eigenvalue weighted by molar-refractivity contribution is 6.29. The molecule has 1 aromatic rings. The molecule has 0 saturated carbocycles. The zero-order valence-corrected chi connectivity index (χ0v) is 12.9. The average Bonchev–Trinajstić information content (AvgIpc) is 2.43. The first-order valence-electron chi connectivity index (χ1n) is 7.09. The van der Waals surface area contributed by atoms with Crippen LogP contribution in [0.3, 0.4) is 0 Å². The van der Waals surface area contributed by atoms with Gasteiger partial charge in [0.25, 0.3) is 0 Å². The minimum Gasteiger partial charge on any atom is -0.383 e. The maximum absolute atomic E-state index is 6.05. The zero-order chi connectivity index (χ0) is 14.4. The van der Waals surface area contributed by atoms with E-state index >= 15 is 0 Å². The van der Waals surface area contributed by atoms with E-state index in [1.807, 2.05) is 13.0 Å². The first-order chi connectivity index (χ1) is 9.69. The average molecular weight is 296 g/mol. The molecule has 1 atom stereocenters. The highest BCUT2D eigenvalue weighted by Gasteiger charge is 2.17. The molecule has 0 saturated heterocycles. The molecule has 0 spiro atoms. The summed E-state index contributed by atoms with van der Waals surface area (Å²) in [6.07, 6.45) is 8.09. The van der Waals surface area contributed by atoms with Crippen molar-refractivity contribution >= 4 is 17.4 Å². The van der Waals surface area contributed by atoms with Gasteiger partial charge in [0.05, 0.1) is 6.61 Å². The Morgan fingerprint density at radius 2 is 2.25 bits per heavy atom. The fraction of sp³-hybridized carbons (Fsp3) is 0.600. The number of anilines is 1. The molecule has 0 bridgehead atoms. The second-order valence-corrected chi connectivity index (χ2v) is 5.57. The lowest BCUT2D eigenvalue weighted by Crippen LogP contribution is -2.33. The Morgan fingerprint density at radius 1 is 1.40 bits per heavy atom. The van der Waals surface area contributed by atoms with Crippen LogP contribution in [-0.4, -0.2) is 36.8 Å². The van der Waals surface area contributed by atoms with Crippen molar-refractivity contribution in [1.29, 1.82) is 0 Å². The van der Waals surface area contributed by atoms with Crippen LogP contribution < -0.4 is 4.90 Å². The Kier molecular flexibility index (Phi) is 5.80. The molecule has 1 aromatic heterocycles. The van der Waals surface area contributed by atoms with Gasteiger partial charge in [-0.05, 0) is 32.1 Å². The maximum atomic E-state index is 6.05. The van der Waals surface area contributed by atoms with Gasteiger partial charge >= 0.3 is 0 Å². The van der Waals surface area contributed by atoms with E-state index in [1.165, 1.54) is 12.8 Å². The van der Waals surface area contributed by atoms with Gasteiger partial charge in [-0.1, -0.05) is 23.8 Å². The number of allylic oxidation sites excluding steroid dienone is 2. The molecular formula is C15H22ClN3O. The molecule has 0 aliphatic heterocycles. The van der Waals surface area contributed by atoms with E-state index < -0.39 is 0 Å². The van der Waals surface area contributed by atoms with Gasteiger partial charge in [-0.15, -0.1) is 0 Å². The predicted molar refractivity (Wildman–Crippen MR) is 82.3 cm³/mol. The number of ether oxygens (including phenoxy) is 1. The van der Waals surface area contributed by atoms with Crippen LogP contribution in [-0.2, 0) is 4.74 Å². The molecule has 1 aliphatic carbocycles. The van der Waals surface area contributed by atoms with Crippen molar-refractivity contribution < 1.29 is 4.74 Å². The molecule has 0 amide bonds. The van der Waals surface area contributed by atoms with Crippen molar-refractivity contribution in [3.63, 3.8) is 0 Å². The number of aryl methyl sites for hydroxylation is 1. The van der Waals surface area contributed by atoms with Crippen molar-refractivity contribution in [1.82, 2.24) is 9.97 Å². The van der Waals surface area contributed by atoms with Gasteiger partial charge < -0.3 is 9.64 Å². The highest BCUT2D eigenvalue weighted by atomic mass is 35.5. The Balaban J connectivity index is 2.10. The van der Waals surface area contributed by atoms with E-state index in [0.717, 1.165) is 25.3 Å². The molecule has 1 unspecified atom stereocenters. The second-order valence-electron chi connectivity index (χ2n) is 5.19. The fourth-order valence-electron chi connectivity index (χ4n) is 2.51. The van der Waals surface area contributed by atoms with E-state index in [2.05, 4.69) is 27.0 Å².